The number of fused-ring (bicyclic) bond motifs is 1. The lowest BCUT2D eigenvalue weighted by molar-refractivity contribution is -0.119. The summed E-state index contributed by atoms with van der Waals surface area (Å²) < 4.78 is 13.4. The van der Waals surface area contributed by atoms with Crippen molar-refractivity contribution in [3.63, 3.8) is 0 Å². The molecule has 1 aromatic carbocycles. The van der Waals surface area contributed by atoms with Crippen LogP contribution in [0, 0.1) is 11.7 Å². The Morgan fingerprint density at radius 3 is 2.81 bits per heavy atom. The molecule has 1 aliphatic heterocycles. The fraction of sp³-hybridized carbons (Fsp3) is 0.562. The number of hydrogen-bond acceptors (Lipinski definition) is 3. The number of benzene rings is 1. The number of rotatable bonds is 6. The molecule has 2 rings (SSSR count). The molecule has 1 amide bonds. The van der Waals surface area contributed by atoms with E-state index in [1.165, 1.54) is 17.0 Å². The molecular formula is C16H23FN2O2. The average molecular weight is 294 g/mol. The summed E-state index contributed by atoms with van der Waals surface area (Å²) in [5.74, 6) is 0.0838. The quantitative estimate of drug-likeness (QED) is 0.840. The number of carbonyl (C=O) groups is 1. The molecule has 1 atom stereocenters. The van der Waals surface area contributed by atoms with E-state index in [0.29, 0.717) is 31.0 Å². The van der Waals surface area contributed by atoms with E-state index in [1.54, 1.807) is 6.07 Å². The molecule has 0 aliphatic carbocycles. The van der Waals surface area contributed by atoms with Crippen LogP contribution in [0.4, 0.5) is 10.1 Å². The lowest BCUT2D eigenvalue weighted by Gasteiger charge is -2.31. The second-order valence-corrected chi connectivity index (χ2v) is 5.98. The van der Waals surface area contributed by atoms with Crippen molar-refractivity contribution < 1.29 is 14.3 Å². The summed E-state index contributed by atoms with van der Waals surface area (Å²) in [7, 11) is 0. The van der Waals surface area contributed by atoms with Crippen molar-refractivity contribution in [2.75, 3.05) is 24.5 Å². The Hall–Kier alpha value is -1.46. The van der Waals surface area contributed by atoms with E-state index in [9.17, 15) is 14.3 Å². The van der Waals surface area contributed by atoms with Crippen molar-refractivity contribution in [3.05, 3.63) is 29.6 Å². The minimum Gasteiger partial charge on any atom is -0.390 e. The minimum absolute atomic E-state index is 0.0593. The summed E-state index contributed by atoms with van der Waals surface area (Å²) in [5, 5.41) is 13.2. The van der Waals surface area contributed by atoms with Gasteiger partial charge in [-0.3, -0.25) is 4.79 Å². The van der Waals surface area contributed by atoms with Gasteiger partial charge < -0.3 is 15.3 Å². The number of hydrogen-bond donors (Lipinski definition) is 2. The summed E-state index contributed by atoms with van der Waals surface area (Å²) in [4.78, 5) is 13.6. The maximum Gasteiger partial charge on any atom is 0.227 e. The zero-order valence-corrected chi connectivity index (χ0v) is 12.6. The van der Waals surface area contributed by atoms with Gasteiger partial charge in [-0.2, -0.15) is 0 Å². The van der Waals surface area contributed by atoms with Gasteiger partial charge in [-0.15, -0.1) is 0 Å². The number of amides is 1. The fourth-order valence-electron chi connectivity index (χ4n) is 2.52. The highest BCUT2D eigenvalue weighted by molar-refractivity contribution is 5.96. The van der Waals surface area contributed by atoms with Gasteiger partial charge in [0.2, 0.25) is 5.91 Å². The fourth-order valence-corrected chi connectivity index (χ4v) is 2.52. The molecule has 5 heteroatoms. The molecule has 2 N–H and O–H groups in total. The molecule has 1 aromatic rings. The summed E-state index contributed by atoms with van der Waals surface area (Å²) >= 11 is 0. The van der Waals surface area contributed by atoms with Crippen molar-refractivity contribution in [2.24, 2.45) is 5.92 Å². The van der Waals surface area contributed by atoms with E-state index >= 15 is 0 Å². The number of anilines is 1. The Balaban J connectivity index is 2.02. The van der Waals surface area contributed by atoms with Crippen LogP contribution in [0.25, 0.3) is 0 Å². The van der Waals surface area contributed by atoms with Crippen molar-refractivity contribution in [2.45, 2.75) is 32.8 Å². The van der Waals surface area contributed by atoms with Gasteiger partial charge >= 0.3 is 0 Å². The zero-order chi connectivity index (χ0) is 15.4. The molecule has 1 aliphatic rings. The van der Waals surface area contributed by atoms with Crippen LogP contribution in [-0.2, 0) is 11.2 Å². The number of aryl methyl sites for hydroxylation is 1. The van der Waals surface area contributed by atoms with E-state index in [4.69, 9.17) is 0 Å². The molecular weight excluding hydrogens is 271 g/mol. The highest BCUT2D eigenvalue weighted by Crippen LogP contribution is 2.28. The lowest BCUT2D eigenvalue weighted by atomic mass is 10.0. The van der Waals surface area contributed by atoms with E-state index in [1.807, 2.05) is 0 Å². The van der Waals surface area contributed by atoms with Crippen LogP contribution < -0.4 is 10.2 Å². The van der Waals surface area contributed by atoms with Gasteiger partial charge in [0, 0.05) is 18.7 Å². The van der Waals surface area contributed by atoms with Gasteiger partial charge in [0.05, 0.1) is 12.6 Å². The molecule has 0 aromatic heterocycles. The molecule has 0 spiro atoms. The molecule has 1 heterocycles. The number of nitrogens with zero attached hydrogens (tertiary/aromatic N) is 1. The third-order valence-electron chi connectivity index (χ3n) is 3.57. The summed E-state index contributed by atoms with van der Waals surface area (Å²) in [6, 6.07) is 4.50. The minimum atomic E-state index is -0.665. The topological polar surface area (TPSA) is 52.6 Å². The summed E-state index contributed by atoms with van der Waals surface area (Å²) in [5.41, 5.74) is 1.55. The van der Waals surface area contributed by atoms with Gasteiger partial charge in [-0.1, -0.05) is 19.9 Å². The van der Waals surface area contributed by atoms with Gasteiger partial charge in [0.25, 0.3) is 0 Å². The molecule has 0 radical (unpaired) electrons. The van der Waals surface area contributed by atoms with E-state index < -0.39 is 6.10 Å². The van der Waals surface area contributed by atoms with Crippen LogP contribution in [-0.4, -0.2) is 36.8 Å². The molecule has 116 valence electrons. The first-order valence-electron chi connectivity index (χ1n) is 7.45. The average Bonchev–Trinajstić information content (AvgIpc) is 2.42. The summed E-state index contributed by atoms with van der Waals surface area (Å²) in [6.45, 7) is 5.61. The highest BCUT2D eigenvalue weighted by atomic mass is 19.1. The molecule has 0 bridgehead atoms. The van der Waals surface area contributed by atoms with E-state index in [0.717, 1.165) is 12.1 Å². The first-order chi connectivity index (χ1) is 9.97. The number of β-amino-alcohol motifs (C(OH)–C–C–N with tert-alkyl or cyclic N) is 1. The predicted molar refractivity (Wildman–Crippen MR) is 80.8 cm³/mol. The normalized spacial score (nSPS) is 16.2. The Kier molecular flexibility index (Phi) is 5.31. The maximum absolute atomic E-state index is 13.4. The van der Waals surface area contributed by atoms with Crippen LogP contribution >= 0.6 is 0 Å². The lowest BCUT2D eigenvalue weighted by Crippen LogP contribution is -2.44. The maximum atomic E-state index is 13.4. The van der Waals surface area contributed by atoms with Gasteiger partial charge in [-0.05, 0) is 36.6 Å². The van der Waals surface area contributed by atoms with Crippen LogP contribution in [0.5, 0.6) is 0 Å². The number of aliphatic hydroxyl groups excluding tert-OH is 1. The molecule has 0 saturated carbocycles. The second-order valence-electron chi connectivity index (χ2n) is 5.98. The van der Waals surface area contributed by atoms with Crippen molar-refractivity contribution in [3.8, 4) is 0 Å². The number of aliphatic hydroxyl groups is 1. The van der Waals surface area contributed by atoms with Crippen LogP contribution in [0.2, 0.25) is 0 Å². The summed E-state index contributed by atoms with van der Waals surface area (Å²) in [6.07, 6.45) is 0.374. The van der Waals surface area contributed by atoms with Gasteiger partial charge in [-0.25, -0.2) is 4.39 Å². The Morgan fingerprint density at radius 2 is 2.10 bits per heavy atom. The van der Waals surface area contributed by atoms with Crippen LogP contribution in [0.3, 0.4) is 0 Å². The predicted octanol–water partition coefficient (Wildman–Crippen LogP) is 1.71. The number of carbonyl (C=O) groups excluding carboxylic acids is 1. The third kappa shape index (κ3) is 4.25. The number of halogens is 1. The number of nitrogens with one attached hydrogen (secondary N) is 1. The molecule has 21 heavy (non-hydrogen) atoms. The Bertz CT molecular complexity index is 505. The van der Waals surface area contributed by atoms with Gasteiger partial charge in [0.1, 0.15) is 5.82 Å². The Morgan fingerprint density at radius 1 is 1.33 bits per heavy atom. The first-order valence-corrected chi connectivity index (χ1v) is 7.45. The molecule has 0 fully saturated rings. The van der Waals surface area contributed by atoms with Gasteiger partial charge in [0.15, 0.2) is 0 Å². The van der Waals surface area contributed by atoms with E-state index in [2.05, 4.69) is 19.2 Å². The third-order valence-corrected chi connectivity index (χ3v) is 3.57. The van der Waals surface area contributed by atoms with Crippen LogP contribution in [0.1, 0.15) is 25.8 Å². The standard InChI is InChI=1S/C16H23FN2O2/c1-11(2)8-18-9-14(20)10-19-15-7-13(17)5-3-12(15)4-6-16(19)21/h3,5,7,11,14,18,20H,4,6,8-10H2,1-2H3. The highest BCUT2D eigenvalue weighted by Gasteiger charge is 2.26. The van der Waals surface area contributed by atoms with Crippen LogP contribution in [0.15, 0.2) is 18.2 Å². The van der Waals surface area contributed by atoms with Crippen molar-refractivity contribution in [1.29, 1.82) is 0 Å². The largest absolute Gasteiger partial charge is 0.390 e. The van der Waals surface area contributed by atoms with Crippen molar-refractivity contribution >= 4 is 11.6 Å². The smallest absolute Gasteiger partial charge is 0.227 e. The first kappa shape index (κ1) is 15.9. The molecule has 1 unspecified atom stereocenters. The van der Waals surface area contributed by atoms with Crippen molar-refractivity contribution in [1.82, 2.24) is 5.32 Å². The molecule has 0 saturated heterocycles. The second kappa shape index (κ2) is 7.00. The van der Waals surface area contributed by atoms with E-state index in [-0.39, 0.29) is 18.3 Å². The Labute approximate surface area is 125 Å². The SMILES string of the molecule is CC(C)CNCC(O)CN1C(=O)CCc2ccc(F)cc21. The molecule has 4 nitrogen and oxygen atoms in total. The zero-order valence-electron chi connectivity index (χ0n) is 12.6. The monoisotopic (exact) mass is 294 g/mol.